The van der Waals surface area contributed by atoms with Gasteiger partial charge in [-0.2, -0.15) is 18.4 Å². The van der Waals surface area contributed by atoms with Crippen LogP contribution in [0, 0.1) is 11.3 Å². The average molecular weight is 357 g/mol. The molecule has 0 aliphatic heterocycles. The molecule has 0 saturated carbocycles. The Hall–Kier alpha value is -1.77. The van der Waals surface area contributed by atoms with Gasteiger partial charge in [-0.25, -0.2) is 13.2 Å². The minimum Gasteiger partial charge on any atom is -0.741 e. The van der Waals surface area contributed by atoms with Crippen molar-refractivity contribution in [1.29, 1.82) is 5.26 Å². The number of hydrogen-bond acceptors (Lipinski definition) is 5. The fourth-order valence-electron chi connectivity index (χ4n) is 1.03. The predicted octanol–water partition coefficient (Wildman–Crippen LogP) is 1.30. The number of alkyl halides is 3. The Kier molecular flexibility index (Phi) is 7.37. The number of nitrogens with zero attached hydrogens (tertiary/aromatic N) is 1. The van der Waals surface area contributed by atoms with Crippen LogP contribution in [0.5, 0.6) is 0 Å². The lowest BCUT2D eigenvalue weighted by molar-refractivity contribution is -0.133. The van der Waals surface area contributed by atoms with Crippen LogP contribution in [0.1, 0.15) is 5.56 Å². The third kappa shape index (κ3) is 7.30. The van der Waals surface area contributed by atoms with E-state index in [-0.39, 0.29) is 16.6 Å². The highest BCUT2D eigenvalue weighted by Crippen LogP contribution is 2.20. The van der Waals surface area contributed by atoms with Crippen LogP contribution in [0.3, 0.4) is 0 Å². The van der Waals surface area contributed by atoms with Crippen LogP contribution in [0.15, 0.2) is 29.2 Å². The Balaban J connectivity index is 0.000000472. The smallest absolute Gasteiger partial charge is 0.485 e. The van der Waals surface area contributed by atoms with Gasteiger partial charge >= 0.3 is 11.5 Å². The van der Waals surface area contributed by atoms with E-state index in [0.717, 1.165) is 4.90 Å². The summed E-state index contributed by atoms with van der Waals surface area (Å²) in [5, 5.41) is 17.2. The van der Waals surface area contributed by atoms with Crippen molar-refractivity contribution in [2.75, 3.05) is 12.0 Å². The number of halogens is 3. The quantitative estimate of drug-likeness (QED) is 0.495. The number of carboxylic acid groups (broad SMARTS) is 1. The highest BCUT2D eigenvalue weighted by molar-refractivity contribution is 7.96. The molecule has 0 spiro atoms. The minimum atomic E-state index is -6.09. The molecule has 1 aromatic rings. The maximum atomic E-state index is 10.7. The molecule has 1 unspecified atom stereocenters. The minimum absolute atomic E-state index is 0.145. The molecule has 0 aliphatic rings. The lowest BCUT2D eigenvalue weighted by Crippen LogP contribution is -2.21. The average Bonchev–Trinajstić information content (AvgIpc) is 2.36. The summed E-state index contributed by atoms with van der Waals surface area (Å²) in [6.45, 7) is 0. The molecule has 0 aromatic heterocycles. The number of aliphatic carboxylic acids is 1. The van der Waals surface area contributed by atoms with Gasteiger partial charge in [0.15, 0.2) is 15.0 Å². The zero-order chi connectivity index (χ0) is 17.6. The highest BCUT2D eigenvalue weighted by Gasteiger charge is 2.36. The zero-order valence-corrected chi connectivity index (χ0v) is 12.6. The van der Waals surface area contributed by atoms with Crippen LogP contribution in [0.25, 0.3) is 0 Å². The van der Waals surface area contributed by atoms with Crippen molar-refractivity contribution in [2.45, 2.75) is 10.4 Å². The number of rotatable bonds is 3. The number of hydrogen-bond donors (Lipinski definition) is 1. The number of benzene rings is 1. The molecule has 0 saturated heterocycles. The summed E-state index contributed by atoms with van der Waals surface area (Å²) >= 11 is 0. The maximum absolute atomic E-state index is 10.7. The van der Waals surface area contributed by atoms with E-state index >= 15 is 0 Å². The van der Waals surface area contributed by atoms with E-state index in [0.29, 0.717) is 5.56 Å². The largest absolute Gasteiger partial charge is 0.741 e. The number of nitriles is 1. The third-order valence-corrected chi connectivity index (χ3v) is 4.33. The van der Waals surface area contributed by atoms with E-state index in [1.807, 2.05) is 24.5 Å². The van der Waals surface area contributed by atoms with Gasteiger partial charge in [0, 0.05) is 10.9 Å². The summed E-state index contributed by atoms with van der Waals surface area (Å²) in [7, 11) is -6.37. The molecule has 0 heterocycles. The molecule has 122 valence electrons. The van der Waals surface area contributed by atoms with Crippen molar-refractivity contribution >= 4 is 27.0 Å². The van der Waals surface area contributed by atoms with Crippen molar-refractivity contribution < 1.29 is 36.0 Å². The Bertz CT molecular complexity index is 650. The van der Waals surface area contributed by atoms with Gasteiger partial charge in [-0.3, -0.25) is 0 Å². The molecule has 0 fully saturated rings. The van der Waals surface area contributed by atoms with Crippen molar-refractivity contribution in [1.82, 2.24) is 0 Å². The fourth-order valence-corrected chi connectivity index (χ4v) is 2.17. The molecular weight excluding hydrogens is 347 g/mol. The molecule has 22 heavy (non-hydrogen) atoms. The summed E-state index contributed by atoms with van der Waals surface area (Å²) in [5.74, 6) is -0.647. The van der Waals surface area contributed by atoms with Crippen molar-refractivity contribution in [2.24, 2.45) is 0 Å². The summed E-state index contributed by atoms with van der Waals surface area (Å²) < 4.78 is 58.9. The molecule has 0 aliphatic carbocycles. The first-order valence-corrected chi connectivity index (χ1v) is 8.46. The van der Waals surface area contributed by atoms with Gasteiger partial charge < -0.3 is 9.66 Å². The van der Waals surface area contributed by atoms with Crippen LogP contribution < -0.4 is 0 Å². The standard InChI is InChI=1S/C10H9NO2S.CHF3O3S/c1-14(7-10(12)13)9-4-2-8(6-11)3-5-9;2-1(3,4)8(5,6)7/h2-5H,7H2,1H3;(H,5,6,7). The van der Waals surface area contributed by atoms with Gasteiger partial charge in [-0.15, -0.1) is 0 Å². The monoisotopic (exact) mass is 357 g/mol. The Morgan fingerprint density at radius 2 is 1.77 bits per heavy atom. The Morgan fingerprint density at radius 1 is 1.36 bits per heavy atom. The fraction of sp³-hybridized carbons (Fsp3) is 0.273. The second kappa shape index (κ2) is 8.02. The molecule has 1 aromatic carbocycles. The van der Waals surface area contributed by atoms with Crippen LogP contribution in [0.2, 0.25) is 0 Å². The van der Waals surface area contributed by atoms with Crippen molar-refractivity contribution in [3.05, 3.63) is 29.8 Å². The molecule has 0 radical (unpaired) electrons. The van der Waals surface area contributed by atoms with Crippen LogP contribution in [-0.4, -0.2) is 41.6 Å². The number of carbonyl (C=O) groups is 1. The van der Waals surface area contributed by atoms with Crippen molar-refractivity contribution in [3.8, 4) is 6.07 Å². The van der Waals surface area contributed by atoms with Gasteiger partial charge in [-0.05, 0) is 24.3 Å². The first-order chi connectivity index (χ1) is 9.88. The predicted molar refractivity (Wildman–Crippen MR) is 71.0 cm³/mol. The summed E-state index contributed by atoms with van der Waals surface area (Å²) in [4.78, 5) is 11.4. The molecule has 1 atom stereocenters. The summed E-state index contributed by atoms with van der Waals surface area (Å²) in [6, 6.07) is 9.06. The molecule has 0 amide bonds. The third-order valence-electron chi connectivity index (χ3n) is 2.01. The SMILES string of the molecule is C[S+](CC(=O)O)c1ccc(C#N)cc1.O=S(=O)([O-])C(F)(F)F. The van der Waals surface area contributed by atoms with Crippen LogP contribution in [0.4, 0.5) is 13.2 Å². The van der Waals surface area contributed by atoms with E-state index in [2.05, 4.69) is 0 Å². The van der Waals surface area contributed by atoms with Gasteiger partial charge in [0.2, 0.25) is 5.75 Å². The lowest BCUT2D eigenvalue weighted by atomic mass is 10.2. The van der Waals surface area contributed by atoms with Gasteiger partial charge in [-0.1, -0.05) is 0 Å². The van der Waals surface area contributed by atoms with Gasteiger partial charge in [0.05, 0.1) is 11.6 Å². The summed E-state index contributed by atoms with van der Waals surface area (Å²) in [6.07, 6.45) is 1.88. The topological polar surface area (TPSA) is 118 Å². The van der Waals surface area contributed by atoms with Gasteiger partial charge in [0.1, 0.15) is 6.26 Å². The van der Waals surface area contributed by atoms with E-state index in [1.54, 1.807) is 12.1 Å². The maximum Gasteiger partial charge on any atom is 0.485 e. The van der Waals surface area contributed by atoms with E-state index in [9.17, 15) is 18.0 Å². The molecular formula is C11H10F3NO5S2. The van der Waals surface area contributed by atoms with E-state index in [4.69, 9.17) is 23.3 Å². The second-order valence-corrected chi connectivity index (χ2v) is 7.12. The normalized spacial score (nSPS) is 12.5. The first-order valence-electron chi connectivity index (χ1n) is 5.25. The molecule has 1 rings (SSSR count). The Labute approximate surface area is 127 Å². The van der Waals surface area contributed by atoms with Crippen LogP contribution >= 0.6 is 0 Å². The molecule has 0 bridgehead atoms. The van der Waals surface area contributed by atoms with E-state index < -0.39 is 21.6 Å². The first kappa shape index (κ1) is 20.2. The molecule has 11 heteroatoms. The highest BCUT2D eigenvalue weighted by atomic mass is 32.2. The lowest BCUT2D eigenvalue weighted by Gasteiger charge is -2.08. The Morgan fingerprint density at radius 3 is 2.05 bits per heavy atom. The van der Waals surface area contributed by atoms with E-state index in [1.165, 1.54) is 0 Å². The number of carboxylic acids is 1. The second-order valence-electron chi connectivity index (χ2n) is 3.71. The molecule has 6 nitrogen and oxygen atoms in total. The van der Waals surface area contributed by atoms with Crippen LogP contribution in [-0.2, 0) is 25.8 Å². The van der Waals surface area contributed by atoms with Gasteiger partial charge in [0.25, 0.3) is 0 Å². The zero-order valence-electron chi connectivity index (χ0n) is 11.0. The summed E-state index contributed by atoms with van der Waals surface area (Å²) in [5.41, 5.74) is -5.05. The molecule has 1 N–H and O–H groups in total. The van der Waals surface area contributed by atoms with Crippen molar-refractivity contribution in [3.63, 3.8) is 0 Å².